The molecule has 5 heteroatoms. The Morgan fingerprint density at radius 2 is 1.89 bits per heavy atom. The van der Waals surface area contributed by atoms with Crippen LogP contribution in [0, 0.1) is 5.82 Å². The van der Waals surface area contributed by atoms with Gasteiger partial charge in [-0.2, -0.15) is 0 Å². The predicted octanol–water partition coefficient (Wildman–Crippen LogP) is 4.30. The highest BCUT2D eigenvalue weighted by Crippen LogP contribution is 2.37. The van der Waals surface area contributed by atoms with Crippen molar-refractivity contribution in [2.75, 3.05) is 7.11 Å². The minimum atomic E-state index is -0.439. The molecular formula is C14H12BrClFNO. The van der Waals surface area contributed by atoms with Gasteiger partial charge in [0, 0.05) is 10.6 Å². The second-order valence-corrected chi connectivity index (χ2v) is 5.33. The minimum absolute atomic E-state index is 0.296. The molecule has 2 aromatic rings. The number of hydrogen-bond donors (Lipinski definition) is 1. The maximum absolute atomic E-state index is 12.9. The monoisotopic (exact) mass is 343 g/mol. The summed E-state index contributed by atoms with van der Waals surface area (Å²) in [5.41, 5.74) is 7.73. The molecular weight excluding hydrogens is 333 g/mol. The van der Waals surface area contributed by atoms with Crippen LogP contribution in [-0.2, 0) is 0 Å². The lowest BCUT2D eigenvalue weighted by molar-refractivity contribution is 0.405. The van der Waals surface area contributed by atoms with Crippen LogP contribution in [0.25, 0.3) is 0 Å². The van der Waals surface area contributed by atoms with Crippen LogP contribution in [-0.4, -0.2) is 7.11 Å². The van der Waals surface area contributed by atoms with E-state index in [1.807, 2.05) is 0 Å². The second kappa shape index (κ2) is 5.90. The minimum Gasteiger partial charge on any atom is -0.495 e. The van der Waals surface area contributed by atoms with E-state index in [9.17, 15) is 4.39 Å². The van der Waals surface area contributed by atoms with Crippen molar-refractivity contribution in [1.29, 1.82) is 0 Å². The van der Waals surface area contributed by atoms with E-state index >= 15 is 0 Å². The maximum atomic E-state index is 12.9. The summed E-state index contributed by atoms with van der Waals surface area (Å²) in [4.78, 5) is 0. The number of rotatable bonds is 3. The van der Waals surface area contributed by atoms with Gasteiger partial charge in [-0.25, -0.2) is 4.39 Å². The Bertz CT molecular complexity index is 589. The molecule has 2 nitrogen and oxygen atoms in total. The number of hydrogen-bond acceptors (Lipinski definition) is 2. The van der Waals surface area contributed by atoms with Crippen molar-refractivity contribution in [1.82, 2.24) is 0 Å². The van der Waals surface area contributed by atoms with E-state index in [4.69, 9.17) is 22.1 Å². The van der Waals surface area contributed by atoms with Gasteiger partial charge in [0.05, 0.1) is 17.6 Å². The molecule has 0 fully saturated rings. The Labute approximate surface area is 124 Å². The van der Waals surface area contributed by atoms with Crippen molar-refractivity contribution in [3.05, 3.63) is 62.8 Å². The van der Waals surface area contributed by atoms with Crippen LogP contribution in [0.15, 0.2) is 40.9 Å². The average Bonchev–Trinajstić information content (AvgIpc) is 2.38. The van der Waals surface area contributed by atoms with Crippen molar-refractivity contribution < 1.29 is 9.13 Å². The van der Waals surface area contributed by atoms with Crippen molar-refractivity contribution in [2.24, 2.45) is 5.73 Å². The van der Waals surface area contributed by atoms with Gasteiger partial charge in [-0.05, 0) is 45.8 Å². The molecule has 0 amide bonds. The largest absolute Gasteiger partial charge is 0.495 e. The molecule has 0 aromatic heterocycles. The summed E-state index contributed by atoms with van der Waals surface area (Å²) in [7, 11) is 1.56. The Kier molecular flexibility index (Phi) is 4.45. The highest BCUT2D eigenvalue weighted by Gasteiger charge is 2.17. The van der Waals surface area contributed by atoms with Crippen molar-refractivity contribution in [3.8, 4) is 5.75 Å². The number of nitrogens with two attached hydrogens (primary N) is 1. The van der Waals surface area contributed by atoms with Crippen LogP contribution in [0.1, 0.15) is 17.2 Å². The number of ether oxygens (including phenoxy) is 1. The maximum Gasteiger partial charge on any atom is 0.138 e. The van der Waals surface area contributed by atoms with E-state index in [2.05, 4.69) is 15.9 Å². The molecule has 0 saturated heterocycles. The zero-order valence-electron chi connectivity index (χ0n) is 10.2. The summed E-state index contributed by atoms with van der Waals surface area (Å²) < 4.78 is 19.0. The normalized spacial score (nSPS) is 12.3. The summed E-state index contributed by atoms with van der Waals surface area (Å²) in [5, 5.41) is 0.556. The van der Waals surface area contributed by atoms with Gasteiger partial charge in [0.25, 0.3) is 0 Å². The van der Waals surface area contributed by atoms with E-state index in [0.717, 1.165) is 15.6 Å². The van der Waals surface area contributed by atoms with E-state index in [1.54, 1.807) is 31.4 Å². The van der Waals surface area contributed by atoms with Gasteiger partial charge in [-0.3, -0.25) is 0 Å². The van der Waals surface area contributed by atoms with Gasteiger partial charge in [0.2, 0.25) is 0 Å². The first-order valence-corrected chi connectivity index (χ1v) is 6.74. The molecule has 0 radical (unpaired) electrons. The molecule has 2 rings (SSSR count). The van der Waals surface area contributed by atoms with Gasteiger partial charge in [0.15, 0.2) is 0 Å². The quantitative estimate of drug-likeness (QED) is 0.901. The summed E-state index contributed by atoms with van der Waals surface area (Å²) in [6.45, 7) is 0. The molecule has 19 heavy (non-hydrogen) atoms. The van der Waals surface area contributed by atoms with Crippen molar-refractivity contribution in [3.63, 3.8) is 0 Å². The third-order valence-electron chi connectivity index (χ3n) is 2.81. The summed E-state index contributed by atoms with van der Waals surface area (Å²) in [6.07, 6.45) is 0. The number of benzene rings is 2. The highest BCUT2D eigenvalue weighted by molar-refractivity contribution is 9.10. The Hall–Kier alpha value is -1.10. The first kappa shape index (κ1) is 14.3. The summed E-state index contributed by atoms with van der Waals surface area (Å²) >= 11 is 9.42. The van der Waals surface area contributed by atoms with Crippen LogP contribution >= 0.6 is 27.5 Å². The van der Waals surface area contributed by atoms with Crippen LogP contribution in [0.4, 0.5) is 4.39 Å². The van der Waals surface area contributed by atoms with Crippen LogP contribution in [0.5, 0.6) is 5.75 Å². The fourth-order valence-corrected chi connectivity index (χ4v) is 2.87. The Morgan fingerprint density at radius 3 is 2.47 bits per heavy atom. The predicted molar refractivity (Wildman–Crippen MR) is 78.1 cm³/mol. The molecule has 1 atom stereocenters. The van der Waals surface area contributed by atoms with Crippen molar-refractivity contribution >= 4 is 27.5 Å². The molecule has 1 unspecified atom stereocenters. The smallest absolute Gasteiger partial charge is 0.138 e. The van der Waals surface area contributed by atoms with E-state index in [0.29, 0.717) is 10.8 Å². The van der Waals surface area contributed by atoms with Gasteiger partial charge >= 0.3 is 0 Å². The SMILES string of the molecule is COc1c(Br)cc(Cl)cc1C(N)c1ccc(F)cc1. The average molecular weight is 345 g/mol. The van der Waals surface area contributed by atoms with E-state index < -0.39 is 6.04 Å². The third-order valence-corrected chi connectivity index (χ3v) is 3.61. The highest BCUT2D eigenvalue weighted by atomic mass is 79.9. The number of methoxy groups -OCH3 is 1. The van der Waals surface area contributed by atoms with Gasteiger partial charge < -0.3 is 10.5 Å². The molecule has 0 aliphatic rings. The fraction of sp³-hybridized carbons (Fsp3) is 0.143. The molecule has 2 N–H and O–H groups in total. The zero-order chi connectivity index (χ0) is 14.0. The first-order valence-electron chi connectivity index (χ1n) is 5.57. The third kappa shape index (κ3) is 3.08. The lowest BCUT2D eigenvalue weighted by Crippen LogP contribution is -2.13. The van der Waals surface area contributed by atoms with E-state index in [1.165, 1.54) is 12.1 Å². The second-order valence-electron chi connectivity index (χ2n) is 4.04. The first-order chi connectivity index (χ1) is 9.02. The van der Waals surface area contributed by atoms with Crippen LogP contribution in [0.2, 0.25) is 5.02 Å². The van der Waals surface area contributed by atoms with Gasteiger partial charge in [-0.1, -0.05) is 23.7 Å². The molecule has 0 bridgehead atoms. The Morgan fingerprint density at radius 1 is 1.26 bits per heavy atom. The lowest BCUT2D eigenvalue weighted by atomic mass is 9.99. The fourth-order valence-electron chi connectivity index (χ4n) is 1.88. The number of halogens is 3. The molecule has 0 heterocycles. The van der Waals surface area contributed by atoms with E-state index in [-0.39, 0.29) is 5.82 Å². The molecule has 0 spiro atoms. The molecule has 0 saturated carbocycles. The molecule has 0 aliphatic heterocycles. The molecule has 0 aliphatic carbocycles. The topological polar surface area (TPSA) is 35.2 Å². The summed E-state index contributed by atoms with van der Waals surface area (Å²) in [6, 6.07) is 9.09. The standard InChI is InChI=1S/C14H12BrClFNO/c1-19-14-11(6-9(16)7-12(14)15)13(18)8-2-4-10(17)5-3-8/h2-7,13H,18H2,1H3. The molecule has 100 valence electrons. The zero-order valence-corrected chi connectivity index (χ0v) is 12.5. The Balaban J connectivity index is 2.48. The van der Waals surface area contributed by atoms with Gasteiger partial charge in [0.1, 0.15) is 11.6 Å². The van der Waals surface area contributed by atoms with Crippen LogP contribution in [0.3, 0.4) is 0 Å². The summed E-state index contributed by atoms with van der Waals surface area (Å²) in [5.74, 6) is 0.330. The van der Waals surface area contributed by atoms with Gasteiger partial charge in [-0.15, -0.1) is 0 Å². The molecule has 2 aromatic carbocycles. The van der Waals surface area contributed by atoms with Crippen molar-refractivity contribution in [2.45, 2.75) is 6.04 Å². The van der Waals surface area contributed by atoms with Crippen LogP contribution < -0.4 is 10.5 Å². The lowest BCUT2D eigenvalue weighted by Gasteiger charge is -2.17.